The SMILES string of the molecule is CCC(C)[C@@H](N)c1ccc(C(F)(F)F)cc1. The zero-order chi connectivity index (χ0) is 12.3. The quantitative estimate of drug-likeness (QED) is 0.842. The largest absolute Gasteiger partial charge is 0.416 e. The maximum atomic E-state index is 12.3. The Bertz CT molecular complexity index is 329. The maximum Gasteiger partial charge on any atom is 0.416 e. The Hall–Kier alpha value is -1.03. The third kappa shape index (κ3) is 2.98. The molecule has 90 valence electrons. The Kier molecular flexibility index (Phi) is 3.97. The van der Waals surface area contributed by atoms with Crippen molar-refractivity contribution < 1.29 is 13.2 Å². The van der Waals surface area contributed by atoms with E-state index in [0.717, 1.165) is 24.1 Å². The minimum atomic E-state index is -4.28. The van der Waals surface area contributed by atoms with Crippen molar-refractivity contribution >= 4 is 0 Å². The molecular weight excluding hydrogens is 215 g/mol. The Labute approximate surface area is 93.5 Å². The molecule has 0 saturated carbocycles. The number of nitrogens with two attached hydrogens (primary N) is 1. The van der Waals surface area contributed by atoms with Crippen LogP contribution in [-0.2, 0) is 6.18 Å². The predicted molar refractivity (Wildman–Crippen MR) is 57.8 cm³/mol. The van der Waals surface area contributed by atoms with Crippen LogP contribution in [0.25, 0.3) is 0 Å². The lowest BCUT2D eigenvalue weighted by molar-refractivity contribution is -0.137. The van der Waals surface area contributed by atoms with Crippen LogP contribution in [0.3, 0.4) is 0 Å². The minimum absolute atomic E-state index is 0.202. The van der Waals surface area contributed by atoms with Crippen molar-refractivity contribution in [1.82, 2.24) is 0 Å². The first-order valence-electron chi connectivity index (χ1n) is 5.29. The van der Waals surface area contributed by atoms with Gasteiger partial charge in [-0.25, -0.2) is 0 Å². The van der Waals surface area contributed by atoms with Crippen LogP contribution in [0, 0.1) is 5.92 Å². The summed E-state index contributed by atoms with van der Waals surface area (Å²) in [5.74, 6) is 0.261. The molecule has 1 aromatic carbocycles. The lowest BCUT2D eigenvalue weighted by Gasteiger charge is -2.19. The molecule has 0 radical (unpaired) electrons. The van der Waals surface area contributed by atoms with Crippen molar-refractivity contribution in [3.05, 3.63) is 35.4 Å². The lowest BCUT2D eigenvalue weighted by atomic mass is 9.93. The third-order valence-electron chi connectivity index (χ3n) is 2.88. The lowest BCUT2D eigenvalue weighted by Crippen LogP contribution is -2.18. The number of alkyl halides is 3. The second-order valence-corrected chi connectivity index (χ2v) is 4.03. The highest BCUT2D eigenvalue weighted by molar-refractivity contribution is 5.26. The van der Waals surface area contributed by atoms with Gasteiger partial charge in [-0.15, -0.1) is 0 Å². The van der Waals surface area contributed by atoms with E-state index >= 15 is 0 Å². The zero-order valence-corrected chi connectivity index (χ0v) is 9.38. The van der Waals surface area contributed by atoms with Crippen molar-refractivity contribution in [2.24, 2.45) is 11.7 Å². The van der Waals surface area contributed by atoms with Gasteiger partial charge in [-0.1, -0.05) is 32.4 Å². The molecule has 0 heterocycles. The van der Waals surface area contributed by atoms with E-state index in [9.17, 15) is 13.2 Å². The number of benzene rings is 1. The van der Waals surface area contributed by atoms with Crippen LogP contribution in [0.15, 0.2) is 24.3 Å². The van der Waals surface area contributed by atoms with Crippen molar-refractivity contribution in [1.29, 1.82) is 0 Å². The molecule has 1 rings (SSSR count). The number of rotatable bonds is 3. The molecule has 0 spiro atoms. The van der Waals surface area contributed by atoms with Gasteiger partial charge in [0.25, 0.3) is 0 Å². The first-order valence-corrected chi connectivity index (χ1v) is 5.29. The van der Waals surface area contributed by atoms with Gasteiger partial charge in [0.1, 0.15) is 0 Å². The van der Waals surface area contributed by atoms with Crippen molar-refractivity contribution in [3.63, 3.8) is 0 Å². The molecule has 0 aliphatic carbocycles. The molecule has 1 nitrogen and oxygen atoms in total. The summed E-state index contributed by atoms with van der Waals surface area (Å²) in [7, 11) is 0. The van der Waals surface area contributed by atoms with Gasteiger partial charge in [-0.05, 0) is 23.6 Å². The van der Waals surface area contributed by atoms with Crippen molar-refractivity contribution in [2.75, 3.05) is 0 Å². The highest BCUT2D eigenvalue weighted by Gasteiger charge is 2.30. The van der Waals surface area contributed by atoms with E-state index in [-0.39, 0.29) is 12.0 Å². The number of halogens is 3. The van der Waals surface area contributed by atoms with E-state index in [4.69, 9.17) is 5.73 Å². The molecule has 0 bridgehead atoms. The first kappa shape index (κ1) is 13.0. The Balaban J connectivity index is 2.87. The molecular formula is C12H16F3N. The van der Waals surface area contributed by atoms with Crippen LogP contribution in [0.2, 0.25) is 0 Å². The van der Waals surface area contributed by atoms with Gasteiger partial charge in [-0.3, -0.25) is 0 Å². The fourth-order valence-electron chi connectivity index (χ4n) is 1.48. The topological polar surface area (TPSA) is 26.0 Å². The van der Waals surface area contributed by atoms with E-state index in [0.29, 0.717) is 0 Å². The molecule has 0 aromatic heterocycles. The molecule has 4 heteroatoms. The van der Waals surface area contributed by atoms with E-state index in [1.807, 2.05) is 13.8 Å². The normalized spacial score (nSPS) is 15.9. The van der Waals surface area contributed by atoms with E-state index in [1.54, 1.807) is 0 Å². The summed E-state index contributed by atoms with van der Waals surface area (Å²) in [6, 6.07) is 4.88. The van der Waals surface area contributed by atoms with Crippen molar-refractivity contribution in [2.45, 2.75) is 32.5 Å². The summed E-state index contributed by atoms with van der Waals surface area (Å²) in [4.78, 5) is 0. The second-order valence-electron chi connectivity index (χ2n) is 4.03. The smallest absolute Gasteiger partial charge is 0.324 e. The molecule has 0 saturated heterocycles. The first-order chi connectivity index (χ1) is 7.36. The van der Waals surface area contributed by atoms with Gasteiger partial charge >= 0.3 is 6.18 Å². The fourth-order valence-corrected chi connectivity index (χ4v) is 1.48. The van der Waals surface area contributed by atoms with E-state index in [1.165, 1.54) is 12.1 Å². The maximum absolute atomic E-state index is 12.3. The molecule has 0 aliphatic heterocycles. The minimum Gasteiger partial charge on any atom is -0.324 e. The van der Waals surface area contributed by atoms with Gasteiger partial charge in [0.15, 0.2) is 0 Å². The molecule has 16 heavy (non-hydrogen) atoms. The molecule has 2 N–H and O–H groups in total. The predicted octanol–water partition coefficient (Wildman–Crippen LogP) is 3.75. The van der Waals surface area contributed by atoms with Crippen LogP contribution >= 0.6 is 0 Å². The molecule has 1 unspecified atom stereocenters. The summed E-state index contributed by atoms with van der Waals surface area (Å²) in [6.07, 6.45) is -3.37. The molecule has 0 amide bonds. The Morgan fingerprint density at radius 2 is 1.69 bits per heavy atom. The summed E-state index contributed by atoms with van der Waals surface area (Å²) >= 11 is 0. The van der Waals surface area contributed by atoms with Gasteiger partial charge in [0.05, 0.1) is 5.56 Å². The van der Waals surface area contributed by atoms with Crippen LogP contribution in [-0.4, -0.2) is 0 Å². The van der Waals surface area contributed by atoms with Gasteiger partial charge in [-0.2, -0.15) is 13.2 Å². The molecule has 2 atom stereocenters. The Morgan fingerprint density at radius 1 is 1.19 bits per heavy atom. The highest BCUT2D eigenvalue weighted by Crippen LogP contribution is 2.30. The fraction of sp³-hybridized carbons (Fsp3) is 0.500. The summed E-state index contributed by atoms with van der Waals surface area (Å²) in [6.45, 7) is 4.00. The Morgan fingerprint density at radius 3 is 2.06 bits per heavy atom. The van der Waals surface area contributed by atoms with Gasteiger partial charge in [0, 0.05) is 6.04 Å². The number of hydrogen-bond acceptors (Lipinski definition) is 1. The zero-order valence-electron chi connectivity index (χ0n) is 9.38. The summed E-state index contributed by atoms with van der Waals surface area (Å²) < 4.78 is 36.9. The van der Waals surface area contributed by atoms with Gasteiger partial charge < -0.3 is 5.73 Å². The van der Waals surface area contributed by atoms with Crippen LogP contribution in [0.4, 0.5) is 13.2 Å². The third-order valence-corrected chi connectivity index (χ3v) is 2.88. The summed E-state index contributed by atoms with van der Waals surface area (Å²) in [5.41, 5.74) is 6.05. The average molecular weight is 231 g/mol. The standard InChI is InChI=1S/C12H16F3N/c1-3-8(2)11(16)9-4-6-10(7-5-9)12(13,14)15/h4-8,11H,3,16H2,1-2H3/t8?,11-/m1/s1. The van der Waals surface area contributed by atoms with Gasteiger partial charge in [0.2, 0.25) is 0 Å². The van der Waals surface area contributed by atoms with E-state index < -0.39 is 11.7 Å². The molecule has 0 aliphatic rings. The monoisotopic (exact) mass is 231 g/mol. The number of hydrogen-bond donors (Lipinski definition) is 1. The van der Waals surface area contributed by atoms with Crippen LogP contribution in [0.1, 0.15) is 37.4 Å². The average Bonchev–Trinajstić information content (AvgIpc) is 2.26. The van der Waals surface area contributed by atoms with Crippen LogP contribution in [0.5, 0.6) is 0 Å². The molecule has 0 fully saturated rings. The summed E-state index contributed by atoms with van der Waals surface area (Å²) in [5, 5.41) is 0. The van der Waals surface area contributed by atoms with Crippen molar-refractivity contribution in [3.8, 4) is 0 Å². The second kappa shape index (κ2) is 4.87. The molecule has 1 aromatic rings. The van der Waals surface area contributed by atoms with E-state index in [2.05, 4.69) is 0 Å². The highest BCUT2D eigenvalue weighted by atomic mass is 19.4. The van der Waals surface area contributed by atoms with Crippen LogP contribution < -0.4 is 5.73 Å².